The maximum atomic E-state index is 14.9. The lowest BCUT2D eigenvalue weighted by molar-refractivity contribution is -0.137. The summed E-state index contributed by atoms with van der Waals surface area (Å²) in [4.78, 5) is 12.5. The Hall–Kier alpha value is -4.61. The Kier molecular flexibility index (Phi) is 6.51. The molecule has 0 saturated carbocycles. The SMILES string of the molecule is N=C/C=C(\Nc1cccc(C(F)(F)F)c1)c1nn(-c2ccc(-n3cc(F)c(F)c3)cc2F)ccc1=O. The number of halogens is 6. The Morgan fingerprint density at radius 1 is 0.972 bits per heavy atom. The van der Waals surface area contributed by atoms with Crippen LogP contribution in [0.4, 0.5) is 32.0 Å². The van der Waals surface area contributed by atoms with Crippen LogP contribution < -0.4 is 10.7 Å². The van der Waals surface area contributed by atoms with Crippen molar-refractivity contribution >= 4 is 17.6 Å². The zero-order chi connectivity index (χ0) is 26.0. The van der Waals surface area contributed by atoms with E-state index in [2.05, 4.69) is 10.4 Å². The summed E-state index contributed by atoms with van der Waals surface area (Å²) in [6.07, 6.45) is 0.177. The molecule has 0 unspecified atom stereocenters. The molecule has 4 rings (SSSR count). The van der Waals surface area contributed by atoms with Crippen molar-refractivity contribution in [2.75, 3.05) is 5.32 Å². The number of hydrogen-bond donors (Lipinski definition) is 2. The van der Waals surface area contributed by atoms with Gasteiger partial charge < -0.3 is 15.3 Å². The summed E-state index contributed by atoms with van der Waals surface area (Å²) in [5, 5.41) is 14.1. The summed E-state index contributed by atoms with van der Waals surface area (Å²) < 4.78 is 82.8. The largest absolute Gasteiger partial charge is 0.416 e. The lowest BCUT2D eigenvalue weighted by atomic mass is 10.1. The lowest BCUT2D eigenvalue weighted by Gasteiger charge is -2.14. The third kappa shape index (κ3) is 5.06. The van der Waals surface area contributed by atoms with Gasteiger partial charge in [-0.15, -0.1) is 0 Å². The van der Waals surface area contributed by atoms with Crippen molar-refractivity contribution in [3.8, 4) is 11.4 Å². The van der Waals surface area contributed by atoms with Crippen molar-refractivity contribution in [2.45, 2.75) is 6.18 Å². The van der Waals surface area contributed by atoms with Gasteiger partial charge in [0.05, 0.1) is 11.3 Å². The monoisotopic (exact) mass is 503 g/mol. The highest BCUT2D eigenvalue weighted by atomic mass is 19.4. The number of alkyl halides is 3. The number of aromatic nitrogens is 3. The number of anilines is 1. The van der Waals surface area contributed by atoms with Gasteiger partial charge in [-0.05, 0) is 36.4 Å². The van der Waals surface area contributed by atoms with Crippen LogP contribution in [0.15, 0.2) is 78.0 Å². The summed E-state index contributed by atoms with van der Waals surface area (Å²) >= 11 is 0. The van der Waals surface area contributed by atoms with E-state index in [0.29, 0.717) is 0 Å². The predicted molar refractivity (Wildman–Crippen MR) is 121 cm³/mol. The first-order valence-corrected chi connectivity index (χ1v) is 10.2. The molecule has 0 aliphatic rings. The Balaban J connectivity index is 1.71. The molecule has 36 heavy (non-hydrogen) atoms. The van der Waals surface area contributed by atoms with Gasteiger partial charge in [-0.3, -0.25) is 4.79 Å². The van der Waals surface area contributed by atoms with Gasteiger partial charge in [0.1, 0.15) is 5.69 Å². The quantitative estimate of drug-likeness (QED) is 0.267. The highest BCUT2D eigenvalue weighted by Crippen LogP contribution is 2.31. The van der Waals surface area contributed by atoms with E-state index in [1.54, 1.807) is 0 Å². The molecule has 0 spiro atoms. The van der Waals surface area contributed by atoms with Gasteiger partial charge in [-0.1, -0.05) is 6.07 Å². The van der Waals surface area contributed by atoms with Crippen LogP contribution in [0.2, 0.25) is 0 Å². The van der Waals surface area contributed by atoms with Crippen molar-refractivity contribution in [1.82, 2.24) is 14.3 Å². The van der Waals surface area contributed by atoms with Crippen LogP contribution in [0, 0.1) is 22.9 Å². The highest BCUT2D eigenvalue weighted by Gasteiger charge is 2.30. The normalized spacial score (nSPS) is 12.0. The van der Waals surface area contributed by atoms with Gasteiger partial charge in [0.15, 0.2) is 23.1 Å². The first-order chi connectivity index (χ1) is 17.1. The van der Waals surface area contributed by atoms with E-state index in [1.165, 1.54) is 30.5 Å². The summed E-state index contributed by atoms with van der Waals surface area (Å²) in [5.74, 6) is -3.05. The van der Waals surface area contributed by atoms with Crippen LogP contribution in [0.3, 0.4) is 0 Å². The zero-order valence-corrected chi connectivity index (χ0v) is 18.0. The minimum absolute atomic E-state index is 0.0174. The fraction of sp³-hybridized carbons (Fsp3) is 0.0417. The Morgan fingerprint density at radius 2 is 1.69 bits per heavy atom. The Bertz CT molecular complexity index is 1520. The molecule has 2 heterocycles. The molecule has 0 fully saturated rings. The molecule has 4 aromatic rings. The second kappa shape index (κ2) is 9.56. The van der Waals surface area contributed by atoms with Crippen LogP contribution in [0.1, 0.15) is 11.3 Å². The molecule has 0 aliphatic heterocycles. The molecular weight excluding hydrogens is 488 g/mol. The zero-order valence-electron chi connectivity index (χ0n) is 18.0. The van der Waals surface area contributed by atoms with E-state index in [0.717, 1.165) is 58.2 Å². The lowest BCUT2D eigenvalue weighted by Crippen LogP contribution is -2.19. The molecular formula is C24H15F6N5O. The second-order valence-corrected chi connectivity index (χ2v) is 7.42. The molecule has 6 nitrogen and oxygen atoms in total. The number of rotatable bonds is 6. The first-order valence-electron chi connectivity index (χ1n) is 10.2. The van der Waals surface area contributed by atoms with E-state index >= 15 is 0 Å². The van der Waals surface area contributed by atoms with E-state index in [-0.39, 0.29) is 28.5 Å². The third-order valence-corrected chi connectivity index (χ3v) is 4.99. The molecule has 0 atom stereocenters. The van der Waals surface area contributed by atoms with Crippen LogP contribution in [0.25, 0.3) is 17.1 Å². The standard InChI is InChI=1S/C24H15F6N5O/c25-17-11-16(34-12-18(26)19(27)13-34)4-5-21(17)35-9-7-22(36)23(33-35)20(6-8-31)32-15-3-1-2-14(10-15)24(28,29)30/h1-13,31-32H/b20-6-,31-8?. The average Bonchev–Trinajstić information content (AvgIpc) is 3.17. The molecule has 0 radical (unpaired) electrons. The molecule has 0 bridgehead atoms. The van der Waals surface area contributed by atoms with Crippen molar-refractivity contribution in [3.05, 3.63) is 112 Å². The Labute approximate surface area is 199 Å². The molecule has 12 heteroatoms. The summed E-state index contributed by atoms with van der Waals surface area (Å²) in [7, 11) is 0. The van der Waals surface area contributed by atoms with Crippen molar-refractivity contribution < 1.29 is 26.3 Å². The molecule has 0 amide bonds. The molecule has 2 aromatic carbocycles. The Morgan fingerprint density at radius 3 is 2.33 bits per heavy atom. The van der Waals surface area contributed by atoms with E-state index < -0.39 is 34.6 Å². The molecule has 0 saturated heterocycles. The van der Waals surface area contributed by atoms with Crippen LogP contribution in [-0.4, -0.2) is 20.6 Å². The smallest absolute Gasteiger partial charge is 0.354 e. The fourth-order valence-corrected chi connectivity index (χ4v) is 3.32. The summed E-state index contributed by atoms with van der Waals surface area (Å²) in [6.45, 7) is 0. The van der Waals surface area contributed by atoms with Gasteiger partial charge >= 0.3 is 6.18 Å². The molecule has 184 valence electrons. The maximum Gasteiger partial charge on any atom is 0.416 e. The van der Waals surface area contributed by atoms with E-state index in [4.69, 9.17) is 5.41 Å². The molecule has 2 N–H and O–H groups in total. The topological polar surface area (TPSA) is 75.7 Å². The second-order valence-electron chi connectivity index (χ2n) is 7.42. The van der Waals surface area contributed by atoms with Gasteiger partial charge in [0.25, 0.3) is 0 Å². The van der Waals surface area contributed by atoms with Crippen LogP contribution >= 0.6 is 0 Å². The summed E-state index contributed by atoms with van der Waals surface area (Å²) in [6, 6.07) is 8.91. The van der Waals surface area contributed by atoms with Crippen LogP contribution in [-0.2, 0) is 6.18 Å². The van der Waals surface area contributed by atoms with Gasteiger partial charge in [-0.25, -0.2) is 17.9 Å². The first kappa shape index (κ1) is 24.5. The number of nitrogens with zero attached hydrogens (tertiary/aromatic N) is 3. The van der Waals surface area contributed by atoms with Gasteiger partial charge in [-0.2, -0.15) is 18.3 Å². The average molecular weight is 503 g/mol. The third-order valence-electron chi connectivity index (χ3n) is 4.99. The van der Waals surface area contributed by atoms with Gasteiger partial charge in [0.2, 0.25) is 5.43 Å². The maximum absolute atomic E-state index is 14.9. The number of allylic oxidation sites excluding steroid dienone is 1. The van der Waals surface area contributed by atoms with Gasteiger partial charge in [0, 0.05) is 48.3 Å². The molecule has 0 aliphatic carbocycles. The van der Waals surface area contributed by atoms with Crippen molar-refractivity contribution in [3.63, 3.8) is 0 Å². The van der Waals surface area contributed by atoms with E-state index in [1.807, 2.05) is 0 Å². The highest BCUT2D eigenvalue weighted by molar-refractivity contribution is 5.87. The fourth-order valence-electron chi connectivity index (χ4n) is 3.32. The van der Waals surface area contributed by atoms with Crippen molar-refractivity contribution in [1.29, 1.82) is 5.41 Å². The summed E-state index contributed by atoms with van der Waals surface area (Å²) in [5.41, 5.74) is -1.98. The minimum atomic E-state index is -4.59. The molecule has 2 aromatic heterocycles. The predicted octanol–water partition coefficient (Wildman–Crippen LogP) is 5.56. The van der Waals surface area contributed by atoms with Crippen LogP contribution in [0.5, 0.6) is 0 Å². The minimum Gasteiger partial charge on any atom is -0.354 e. The number of hydrogen-bond acceptors (Lipinski definition) is 4. The van der Waals surface area contributed by atoms with Crippen molar-refractivity contribution in [2.24, 2.45) is 0 Å². The van der Waals surface area contributed by atoms with E-state index in [9.17, 15) is 31.1 Å². The number of benzene rings is 2. The number of nitrogens with one attached hydrogen (secondary N) is 2.